The van der Waals surface area contributed by atoms with Gasteiger partial charge in [0, 0.05) is 30.5 Å². The summed E-state index contributed by atoms with van der Waals surface area (Å²) in [5.74, 6) is -0.842. The van der Waals surface area contributed by atoms with Crippen LogP contribution in [0.2, 0.25) is 0 Å². The van der Waals surface area contributed by atoms with E-state index in [4.69, 9.17) is 4.42 Å². The molecule has 9 heteroatoms. The molecule has 2 heterocycles. The van der Waals surface area contributed by atoms with Crippen molar-refractivity contribution in [2.45, 2.75) is 17.7 Å². The molecule has 0 radical (unpaired) electrons. The SMILES string of the molecule is O=C1CCCN1c1ccc(NS(=O)(=O)c2ccc3oc(=O)ccc3c2)cc1F. The zero-order valence-electron chi connectivity index (χ0n) is 14.5. The van der Waals surface area contributed by atoms with Crippen molar-refractivity contribution in [3.63, 3.8) is 0 Å². The Bertz CT molecular complexity index is 1250. The molecular weight excluding hydrogens is 387 g/mol. The number of benzene rings is 2. The molecule has 0 bridgehead atoms. The van der Waals surface area contributed by atoms with Crippen LogP contribution >= 0.6 is 0 Å². The average Bonchev–Trinajstić information content (AvgIpc) is 3.06. The fourth-order valence-corrected chi connectivity index (χ4v) is 4.21. The smallest absolute Gasteiger partial charge is 0.336 e. The van der Waals surface area contributed by atoms with E-state index >= 15 is 0 Å². The highest BCUT2D eigenvalue weighted by atomic mass is 32.2. The molecule has 144 valence electrons. The van der Waals surface area contributed by atoms with E-state index in [1.807, 2.05) is 0 Å². The second kappa shape index (κ2) is 6.75. The minimum Gasteiger partial charge on any atom is -0.423 e. The molecule has 0 atom stereocenters. The third-order valence-corrected chi connectivity index (χ3v) is 5.84. The Morgan fingerprint density at radius 1 is 1.04 bits per heavy atom. The molecule has 1 aliphatic heterocycles. The van der Waals surface area contributed by atoms with Gasteiger partial charge in [-0.1, -0.05) is 0 Å². The van der Waals surface area contributed by atoms with Gasteiger partial charge in [0.25, 0.3) is 10.0 Å². The Balaban J connectivity index is 1.62. The van der Waals surface area contributed by atoms with Crippen LogP contribution in [-0.4, -0.2) is 20.9 Å². The summed E-state index contributed by atoms with van der Waals surface area (Å²) in [4.78, 5) is 24.3. The monoisotopic (exact) mass is 402 g/mol. The third-order valence-electron chi connectivity index (χ3n) is 4.47. The van der Waals surface area contributed by atoms with E-state index in [2.05, 4.69) is 4.72 Å². The van der Waals surface area contributed by atoms with Crippen LogP contribution in [0.25, 0.3) is 11.0 Å². The van der Waals surface area contributed by atoms with Gasteiger partial charge in [-0.05, 0) is 42.8 Å². The van der Waals surface area contributed by atoms with Crippen LogP contribution in [0.1, 0.15) is 12.8 Å². The fourth-order valence-electron chi connectivity index (χ4n) is 3.12. The van der Waals surface area contributed by atoms with E-state index in [-0.39, 0.29) is 27.8 Å². The number of nitrogens with zero attached hydrogens (tertiary/aromatic N) is 1. The number of carbonyl (C=O) groups is 1. The summed E-state index contributed by atoms with van der Waals surface area (Å²) >= 11 is 0. The number of halogens is 1. The number of hydrogen-bond acceptors (Lipinski definition) is 5. The van der Waals surface area contributed by atoms with Gasteiger partial charge in [-0.15, -0.1) is 0 Å². The van der Waals surface area contributed by atoms with Crippen LogP contribution in [-0.2, 0) is 14.8 Å². The molecule has 1 amide bonds. The van der Waals surface area contributed by atoms with Crippen LogP contribution in [0.3, 0.4) is 0 Å². The summed E-state index contributed by atoms with van der Waals surface area (Å²) in [6, 6.07) is 10.5. The first kappa shape index (κ1) is 18.2. The van der Waals surface area contributed by atoms with Gasteiger partial charge < -0.3 is 9.32 Å². The van der Waals surface area contributed by atoms with Crippen molar-refractivity contribution < 1.29 is 22.0 Å². The molecule has 0 aliphatic carbocycles. The maximum absolute atomic E-state index is 14.4. The van der Waals surface area contributed by atoms with Crippen LogP contribution in [0.4, 0.5) is 15.8 Å². The Hall–Kier alpha value is -3.20. The first-order chi connectivity index (χ1) is 13.3. The molecule has 1 N–H and O–H groups in total. The van der Waals surface area contributed by atoms with E-state index in [0.717, 1.165) is 6.07 Å². The lowest BCUT2D eigenvalue weighted by molar-refractivity contribution is -0.117. The normalized spacial score (nSPS) is 14.6. The minimum absolute atomic E-state index is 0.0348. The van der Waals surface area contributed by atoms with Crippen LogP contribution < -0.4 is 15.2 Å². The Kier molecular flexibility index (Phi) is 4.38. The Morgan fingerprint density at radius 2 is 1.86 bits per heavy atom. The number of hydrogen-bond donors (Lipinski definition) is 1. The molecule has 1 aromatic heterocycles. The summed E-state index contributed by atoms with van der Waals surface area (Å²) in [5.41, 5.74) is -0.107. The molecule has 4 rings (SSSR count). The molecule has 2 aromatic carbocycles. The number of rotatable bonds is 4. The molecular formula is C19H15FN2O5S. The zero-order valence-corrected chi connectivity index (χ0v) is 15.3. The van der Waals surface area contributed by atoms with E-state index in [1.54, 1.807) is 0 Å². The van der Waals surface area contributed by atoms with Gasteiger partial charge in [0.15, 0.2) is 0 Å². The number of nitrogens with one attached hydrogen (secondary N) is 1. The van der Waals surface area contributed by atoms with Crippen molar-refractivity contribution in [1.82, 2.24) is 0 Å². The molecule has 1 saturated heterocycles. The van der Waals surface area contributed by atoms with E-state index in [1.165, 1.54) is 47.4 Å². The predicted molar refractivity (Wildman–Crippen MR) is 101 cm³/mol. The molecule has 0 spiro atoms. The summed E-state index contributed by atoms with van der Waals surface area (Å²) < 4.78 is 47.0. The van der Waals surface area contributed by atoms with Crippen molar-refractivity contribution >= 4 is 38.3 Å². The summed E-state index contributed by atoms with van der Waals surface area (Å²) in [6.45, 7) is 0.439. The van der Waals surface area contributed by atoms with Gasteiger partial charge in [0.1, 0.15) is 11.4 Å². The lowest BCUT2D eigenvalue weighted by Gasteiger charge is -2.17. The third kappa shape index (κ3) is 3.36. The number of anilines is 2. The van der Waals surface area contributed by atoms with Gasteiger partial charge in [0.05, 0.1) is 16.3 Å². The number of carbonyl (C=O) groups excluding carboxylic acids is 1. The van der Waals surface area contributed by atoms with Gasteiger partial charge in [-0.2, -0.15) is 0 Å². The summed E-state index contributed by atoms with van der Waals surface area (Å²) in [7, 11) is -3.99. The highest BCUT2D eigenvalue weighted by Gasteiger charge is 2.24. The molecule has 28 heavy (non-hydrogen) atoms. The molecule has 1 aliphatic rings. The van der Waals surface area contributed by atoms with Gasteiger partial charge in [-0.25, -0.2) is 17.6 Å². The van der Waals surface area contributed by atoms with Crippen molar-refractivity contribution in [3.05, 3.63) is 64.8 Å². The number of amides is 1. The maximum Gasteiger partial charge on any atom is 0.336 e. The second-order valence-corrected chi connectivity index (χ2v) is 8.06. The van der Waals surface area contributed by atoms with Crippen molar-refractivity contribution in [3.8, 4) is 0 Å². The second-order valence-electron chi connectivity index (χ2n) is 6.37. The highest BCUT2D eigenvalue weighted by Crippen LogP contribution is 2.28. The first-order valence-electron chi connectivity index (χ1n) is 8.50. The molecule has 0 saturated carbocycles. The first-order valence-corrected chi connectivity index (χ1v) is 9.98. The Morgan fingerprint density at radius 3 is 2.57 bits per heavy atom. The molecule has 3 aromatic rings. The molecule has 7 nitrogen and oxygen atoms in total. The van der Waals surface area contributed by atoms with E-state index < -0.39 is 21.5 Å². The highest BCUT2D eigenvalue weighted by molar-refractivity contribution is 7.92. The predicted octanol–water partition coefficient (Wildman–Crippen LogP) is 2.86. The zero-order chi connectivity index (χ0) is 19.9. The number of fused-ring (bicyclic) bond motifs is 1. The standard InChI is InChI=1S/C19H15FN2O5S/c20-15-11-13(4-6-16(15)22-9-1-2-18(22)23)21-28(25,26)14-5-7-17-12(10-14)3-8-19(24)27-17/h3-8,10-11,21H,1-2,9H2. The largest absolute Gasteiger partial charge is 0.423 e. The summed E-state index contributed by atoms with van der Waals surface area (Å²) in [6.07, 6.45) is 1.03. The molecule has 0 unspecified atom stereocenters. The van der Waals surface area contributed by atoms with Crippen molar-refractivity contribution in [2.75, 3.05) is 16.2 Å². The van der Waals surface area contributed by atoms with Gasteiger partial charge in [0.2, 0.25) is 5.91 Å². The number of sulfonamides is 1. The Labute approximate surface area is 159 Å². The fraction of sp³-hybridized carbons (Fsp3) is 0.158. The van der Waals surface area contributed by atoms with Gasteiger partial charge in [-0.3, -0.25) is 9.52 Å². The lowest BCUT2D eigenvalue weighted by Crippen LogP contribution is -2.24. The molecule has 1 fully saturated rings. The van der Waals surface area contributed by atoms with E-state index in [0.29, 0.717) is 24.8 Å². The quantitative estimate of drug-likeness (QED) is 0.677. The lowest BCUT2D eigenvalue weighted by atomic mass is 10.2. The van der Waals surface area contributed by atoms with Crippen LogP contribution in [0.15, 0.2) is 62.6 Å². The minimum atomic E-state index is -3.99. The average molecular weight is 402 g/mol. The topological polar surface area (TPSA) is 96.7 Å². The van der Waals surface area contributed by atoms with Crippen LogP contribution in [0.5, 0.6) is 0 Å². The van der Waals surface area contributed by atoms with Gasteiger partial charge >= 0.3 is 5.63 Å². The van der Waals surface area contributed by atoms with Crippen molar-refractivity contribution in [1.29, 1.82) is 0 Å². The summed E-state index contributed by atoms with van der Waals surface area (Å²) in [5, 5.41) is 0.441. The van der Waals surface area contributed by atoms with Crippen LogP contribution in [0, 0.1) is 5.82 Å². The van der Waals surface area contributed by atoms with E-state index in [9.17, 15) is 22.4 Å². The maximum atomic E-state index is 14.4. The van der Waals surface area contributed by atoms with Crippen molar-refractivity contribution in [2.24, 2.45) is 0 Å².